The van der Waals surface area contributed by atoms with Gasteiger partial charge in [0.15, 0.2) is 0 Å². The summed E-state index contributed by atoms with van der Waals surface area (Å²) in [4.78, 5) is 2.69. The molecule has 0 radical (unpaired) electrons. The molecule has 0 aromatic rings. The number of methoxy groups -OCH3 is 1. The first-order valence-corrected chi connectivity index (χ1v) is 6.25. The number of nitrogens with one attached hydrogen (secondary N) is 1. The highest BCUT2D eigenvalue weighted by molar-refractivity contribution is 4.87. The maximum absolute atomic E-state index is 5.29. The van der Waals surface area contributed by atoms with Crippen molar-refractivity contribution in [2.75, 3.05) is 39.9 Å². The zero-order valence-electron chi connectivity index (χ0n) is 10.0. The number of nitrogens with zero attached hydrogens (tertiary/aromatic N) is 1. The molecule has 15 heavy (non-hydrogen) atoms. The van der Waals surface area contributed by atoms with Crippen LogP contribution in [0.5, 0.6) is 0 Å². The standard InChI is InChI=1S/C12H24N2O/c1-10-7-14(8-11(10)9-15-2)12-3-5-13-6-4-12/h10-13H,3-9H2,1-2H3. The summed E-state index contributed by atoms with van der Waals surface area (Å²) in [6.07, 6.45) is 2.65. The van der Waals surface area contributed by atoms with E-state index in [1.165, 1.54) is 39.0 Å². The van der Waals surface area contributed by atoms with E-state index in [1.807, 2.05) is 7.11 Å². The van der Waals surface area contributed by atoms with E-state index < -0.39 is 0 Å². The summed E-state index contributed by atoms with van der Waals surface area (Å²) in [6, 6.07) is 0.829. The molecule has 3 heteroatoms. The van der Waals surface area contributed by atoms with E-state index in [2.05, 4.69) is 17.1 Å². The van der Waals surface area contributed by atoms with E-state index in [0.717, 1.165) is 24.5 Å². The number of hydrogen-bond acceptors (Lipinski definition) is 3. The number of hydrogen-bond donors (Lipinski definition) is 1. The van der Waals surface area contributed by atoms with E-state index >= 15 is 0 Å². The second-order valence-electron chi connectivity index (χ2n) is 5.13. The molecule has 0 aromatic carbocycles. The summed E-state index contributed by atoms with van der Waals surface area (Å²) in [5.41, 5.74) is 0. The lowest BCUT2D eigenvalue weighted by molar-refractivity contribution is 0.133. The molecule has 1 N–H and O–H groups in total. The lowest BCUT2D eigenvalue weighted by Crippen LogP contribution is -2.42. The second kappa shape index (κ2) is 5.28. The molecule has 0 spiro atoms. The van der Waals surface area contributed by atoms with Gasteiger partial charge in [0, 0.05) is 26.2 Å². The Morgan fingerprint density at radius 2 is 2.00 bits per heavy atom. The van der Waals surface area contributed by atoms with Crippen LogP contribution in [0, 0.1) is 11.8 Å². The van der Waals surface area contributed by atoms with Crippen molar-refractivity contribution in [3.63, 3.8) is 0 Å². The average Bonchev–Trinajstić information content (AvgIpc) is 2.63. The predicted octanol–water partition coefficient (Wildman–Crippen LogP) is 0.953. The Morgan fingerprint density at radius 3 is 2.67 bits per heavy atom. The first kappa shape index (κ1) is 11.4. The molecule has 2 unspecified atom stereocenters. The molecule has 0 bridgehead atoms. The normalized spacial score (nSPS) is 34.8. The van der Waals surface area contributed by atoms with Crippen LogP contribution in [-0.2, 0) is 4.74 Å². The van der Waals surface area contributed by atoms with E-state index in [0.29, 0.717) is 0 Å². The predicted molar refractivity (Wildman–Crippen MR) is 62.0 cm³/mol. The molecule has 0 aromatic heterocycles. The maximum Gasteiger partial charge on any atom is 0.0505 e. The monoisotopic (exact) mass is 212 g/mol. The van der Waals surface area contributed by atoms with Crippen LogP contribution < -0.4 is 5.32 Å². The summed E-state index contributed by atoms with van der Waals surface area (Å²) in [6.45, 7) is 8.22. The van der Waals surface area contributed by atoms with Gasteiger partial charge in [0.05, 0.1) is 6.61 Å². The van der Waals surface area contributed by atoms with Crippen LogP contribution >= 0.6 is 0 Å². The van der Waals surface area contributed by atoms with Gasteiger partial charge in [-0.05, 0) is 37.8 Å². The second-order valence-corrected chi connectivity index (χ2v) is 5.13. The average molecular weight is 212 g/mol. The molecule has 2 fully saturated rings. The van der Waals surface area contributed by atoms with Crippen LogP contribution in [-0.4, -0.2) is 50.8 Å². The third kappa shape index (κ3) is 2.71. The topological polar surface area (TPSA) is 24.5 Å². The molecule has 2 atom stereocenters. The number of piperidine rings is 1. The van der Waals surface area contributed by atoms with Gasteiger partial charge in [0.1, 0.15) is 0 Å². The molecule has 0 amide bonds. The molecule has 2 aliphatic rings. The Labute approximate surface area is 93.2 Å². The molecule has 2 heterocycles. The van der Waals surface area contributed by atoms with Crippen molar-refractivity contribution in [3.8, 4) is 0 Å². The Hall–Kier alpha value is -0.120. The molecule has 2 rings (SSSR count). The van der Waals surface area contributed by atoms with Gasteiger partial charge in [-0.25, -0.2) is 0 Å². The highest BCUT2D eigenvalue weighted by Gasteiger charge is 2.33. The van der Waals surface area contributed by atoms with E-state index in [4.69, 9.17) is 4.74 Å². The van der Waals surface area contributed by atoms with Crippen LogP contribution in [0.1, 0.15) is 19.8 Å². The zero-order valence-corrected chi connectivity index (χ0v) is 10.0. The van der Waals surface area contributed by atoms with Crippen molar-refractivity contribution in [1.82, 2.24) is 10.2 Å². The van der Waals surface area contributed by atoms with Gasteiger partial charge in [0.25, 0.3) is 0 Å². The van der Waals surface area contributed by atoms with Gasteiger partial charge in [-0.15, -0.1) is 0 Å². The van der Waals surface area contributed by atoms with Crippen molar-refractivity contribution in [2.24, 2.45) is 11.8 Å². The summed E-state index contributed by atoms with van der Waals surface area (Å²) in [5, 5.41) is 3.43. The van der Waals surface area contributed by atoms with Crippen LogP contribution in [0.15, 0.2) is 0 Å². The fourth-order valence-electron chi connectivity index (χ4n) is 2.98. The smallest absolute Gasteiger partial charge is 0.0505 e. The van der Waals surface area contributed by atoms with E-state index in [1.54, 1.807) is 0 Å². The fraction of sp³-hybridized carbons (Fsp3) is 1.00. The van der Waals surface area contributed by atoms with Gasteiger partial charge in [-0.3, -0.25) is 4.90 Å². The summed E-state index contributed by atoms with van der Waals surface area (Å²) in [5.74, 6) is 1.56. The quantitative estimate of drug-likeness (QED) is 0.754. The first-order valence-electron chi connectivity index (χ1n) is 6.25. The third-order valence-electron chi connectivity index (χ3n) is 4.00. The summed E-state index contributed by atoms with van der Waals surface area (Å²) in [7, 11) is 1.82. The molecule has 88 valence electrons. The number of ether oxygens (including phenoxy) is 1. The minimum atomic E-state index is 0.755. The molecule has 3 nitrogen and oxygen atoms in total. The minimum absolute atomic E-state index is 0.755. The van der Waals surface area contributed by atoms with Gasteiger partial charge in [0.2, 0.25) is 0 Å². The third-order valence-corrected chi connectivity index (χ3v) is 4.00. The summed E-state index contributed by atoms with van der Waals surface area (Å²) < 4.78 is 5.29. The molecular weight excluding hydrogens is 188 g/mol. The Balaban J connectivity index is 1.84. The SMILES string of the molecule is COCC1CN(C2CCNCC2)CC1C. The Bertz CT molecular complexity index is 192. The van der Waals surface area contributed by atoms with Crippen molar-refractivity contribution in [1.29, 1.82) is 0 Å². The van der Waals surface area contributed by atoms with Gasteiger partial charge >= 0.3 is 0 Å². The van der Waals surface area contributed by atoms with Crippen LogP contribution in [0.3, 0.4) is 0 Å². The molecule has 0 aliphatic carbocycles. The minimum Gasteiger partial charge on any atom is -0.384 e. The van der Waals surface area contributed by atoms with Crippen molar-refractivity contribution < 1.29 is 4.74 Å². The van der Waals surface area contributed by atoms with Crippen molar-refractivity contribution in [3.05, 3.63) is 0 Å². The molecule has 0 saturated carbocycles. The Morgan fingerprint density at radius 1 is 1.27 bits per heavy atom. The lowest BCUT2D eigenvalue weighted by Gasteiger charge is -2.31. The Kier molecular flexibility index (Phi) is 4.00. The van der Waals surface area contributed by atoms with Crippen molar-refractivity contribution in [2.45, 2.75) is 25.8 Å². The molecular formula is C12H24N2O. The number of rotatable bonds is 3. The van der Waals surface area contributed by atoms with Crippen LogP contribution in [0.2, 0.25) is 0 Å². The molecule has 2 saturated heterocycles. The first-order chi connectivity index (χ1) is 7.31. The van der Waals surface area contributed by atoms with Crippen LogP contribution in [0.25, 0.3) is 0 Å². The van der Waals surface area contributed by atoms with Crippen LogP contribution in [0.4, 0.5) is 0 Å². The van der Waals surface area contributed by atoms with E-state index in [-0.39, 0.29) is 0 Å². The van der Waals surface area contributed by atoms with Crippen molar-refractivity contribution >= 4 is 0 Å². The van der Waals surface area contributed by atoms with E-state index in [9.17, 15) is 0 Å². The number of likely N-dealkylation sites (tertiary alicyclic amines) is 1. The van der Waals surface area contributed by atoms with Gasteiger partial charge < -0.3 is 10.1 Å². The highest BCUT2D eigenvalue weighted by atomic mass is 16.5. The molecule has 2 aliphatic heterocycles. The van der Waals surface area contributed by atoms with Gasteiger partial charge in [-0.1, -0.05) is 6.92 Å². The largest absolute Gasteiger partial charge is 0.384 e. The van der Waals surface area contributed by atoms with Gasteiger partial charge in [-0.2, -0.15) is 0 Å². The highest BCUT2D eigenvalue weighted by Crippen LogP contribution is 2.27. The fourth-order valence-corrected chi connectivity index (χ4v) is 2.98. The summed E-state index contributed by atoms with van der Waals surface area (Å²) >= 11 is 0. The zero-order chi connectivity index (χ0) is 10.7. The maximum atomic E-state index is 5.29. The lowest BCUT2D eigenvalue weighted by atomic mass is 10.00.